The highest BCUT2D eigenvalue weighted by Crippen LogP contribution is 2.27. The van der Waals surface area contributed by atoms with Gasteiger partial charge in [-0.05, 0) is 36.6 Å². The molecule has 1 heterocycles. The highest BCUT2D eigenvalue weighted by atomic mass is 16.2. The van der Waals surface area contributed by atoms with E-state index in [4.69, 9.17) is 0 Å². The van der Waals surface area contributed by atoms with Gasteiger partial charge in [-0.3, -0.25) is 19.8 Å². The number of amides is 3. The van der Waals surface area contributed by atoms with Crippen molar-refractivity contribution in [3.63, 3.8) is 0 Å². The molecule has 0 bridgehead atoms. The van der Waals surface area contributed by atoms with E-state index in [1.807, 2.05) is 86.6 Å². The molecule has 4 rings (SSSR count). The van der Waals surface area contributed by atoms with Crippen LogP contribution in [0.2, 0.25) is 0 Å². The summed E-state index contributed by atoms with van der Waals surface area (Å²) in [6.45, 7) is 3.83. The number of hydrogen-bond donors (Lipinski definition) is 2. The molecule has 1 aliphatic heterocycles. The number of nitrogens with one attached hydrogen (secondary N) is 2. The zero-order valence-electron chi connectivity index (χ0n) is 18.0. The number of aryl methyl sites for hydroxylation is 2. The van der Waals surface area contributed by atoms with Gasteiger partial charge in [0.1, 0.15) is 6.04 Å². The molecule has 1 fully saturated rings. The second kappa shape index (κ2) is 9.16. The summed E-state index contributed by atoms with van der Waals surface area (Å²) < 4.78 is 0. The van der Waals surface area contributed by atoms with Gasteiger partial charge in [0, 0.05) is 0 Å². The van der Waals surface area contributed by atoms with Crippen LogP contribution in [0, 0.1) is 13.8 Å². The highest BCUT2D eigenvalue weighted by molar-refractivity contribution is 6.22. The summed E-state index contributed by atoms with van der Waals surface area (Å²) in [6, 6.07) is 23.7. The van der Waals surface area contributed by atoms with E-state index < -0.39 is 12.0 Å². The predicted octanol–water partition coefficient (Wildman–Crippen LogP) is 3.39. The van der Waals surface area contributed by atoms with Crippen LogP contribution in [0.3, 0.4) is 0 Å². The van der Waals surface area contributed by atoms with Gasteiger partial charge >= 0.3 is 0 Å². The number of rotatable bonds is 6. The number of benzene rings is 3. The molecule has 162 valence electrons. The van der Waals surface area contributed by atoms with Gasteiger partial charge in [0.05, 0.1) is 18.0 Å². The first-order valence-electron chi connectivity index (χ1n) is 10.5. The Labute approximate surface area is 187 Å². The Hall–Kier alpha value is -3.77. The maximum absolute atomic E-state index is 13.1. The third kappa shape index (κ3) is 4.31. The van der Waals surface area contributed by atoms with Crippen molar-refractivity contribution in [2.45, 2.75) is 32.2 Å². The first-order valence-corrected chi connectivity index (χ1v) is 10.5. The molecule has 0 spiro atoms. The molecule has 32 heavy (non-hydrogen) atoms. The van der Waals surface area contributed by atoms with E-state index in [0.717, 1.165) is 22.3 Å². The first kappa shape index (κ1) is 21.5. The quantitative estimate of drug-likeness (QED) is 0.467. The average molecular weight is 428 g/mol. The van der Waals surface area contributed by atoms with Gasteiger partial charge in [-0.1, -0.05) is 78.4 Å². The SMILES string of the molecule is Cc1ccc(N2C(=O)C[C@@H](NNC(=O)C(c3ccccc3)c3ccccc3)C2=O)c(C)c1. The predicted molar refractivity (Wildman–Crippen MR) is 123 cm³/mol. The molecular formula is C26H25N3O3. The maximum Gasteiger partial charge on any atom is 0.253 e. The molecule has 3 amide bonds. The molecule has 0 radical (unpaired) electrons. The maximum atomic E-state index is 13.1. The smallest absolute Gasteiger partial charge is 0.253 e. The number of anilines is 1. The summed E-state index contributed by atoms with van der Waals surface area (Å²) in [5, 5.41) is 0. The van der Waals surface area contributed by atoms with Crippen molar-refractivity contribution < 1.29 is 14.4 Å². The minimum atomic E-state index is -0.820. The number of nitrogens with zero attached hydrogens (tertiary/aromatic N) is 1. The number of imide groups is 1. The van der Waals surface area contributed by atoms with Crippen LogP contribution in [-0.2, 0) is 14.4 Å². The largest absolute Gasteiger partial charge is 0.290 e. The molecule has 3 aromatic carbocycles. The van der Waals surface area contributed by atoms with E-state index in [1.54, 1.807) is 6.07 Å². The van der Waals surface area contributed by atoms with Gasteiger partial charge < -0.3 is 0 Å². The van der Waals surface area contributed by atoms with Crippen LogP contribution in [0.5, 0.6) is 0 Å². The van der Waals surface area contributed by atoms with Gasteiger partial charge in [-0.2, -0.15) is 0 Å². The molecule has 1 atom stereocenters. The van der Waals surface area contributed by atoms with Crippen molar-refractivity contribution in [3.8, 4) is 0 Å². The van der Waals surface area contributed by atoms with Crippen LogP contribution >= 0.6 is 0 Å². The average Bonchev–Trinajstić information content (AvgIpc) is 3.07. The van der Waals surface area contributed by atoms with Crippen LogP contribution in [0.4, 0.5) is 5.69 Å². The van der Waals surface area contributed by atoms with Gasteiger partial charge in [0.15, 0.2) is 0 Å². The number of carbonyl (C=O) groups is 3. The van der Waals surface area contributed by atoms with Crippen molar-refractivity contribution in [2.24, 2.45) is 0 Å². The van der Waals surface area contributed by atoms with Crippen LogP contribution in [0.25, 0.3) is 0 Å². The zero-order chi connectivity index (χ0) is 22.7. The number of hydrogen-bond acceptors (Lipinski definition) is 4. The molecule has 0 unspecified atom stereocenters. The molecule has 1 aliphatic rings. The highest BCUT2D eigenvalue weighted by Gasteiger charge is 2.40. The Bertz CT molecular complexity index is 1110. The zero-order valence-corrected chi connectivity index (χ0v) is 18.0. The van der Waals surface area contributed by atoms with E-state index in [2.05, 4.69) is 10.9 Å². The van der Waals surface area contributed by atoms with E-state index in [1.165, 1.54) is 4.90 Å². The van der Waals surface area contributed by atoms with Crippen molar-refractivity contribution in [1.82, 2.24) is 10.9 Å². The van der Waals surface area contributed by atoms with Gasteiger partial charge in [-0.25, -0.2) is 10.3 Å². The monoisotopic (exact) mass is 427 g/mol. The summed E-state index contributed by atoms with van der Waals surface area (Å²) in [6.07, 6.45) is -0.0201. The van der Waals surface area contributed by atoms with Crippen LogP contribution < -0.4 is 15.8 Å². The lowest BCUT2D eigenvalue weighted by molar-refractivity contribution is -0.123. The Morgan fingerprint density at radius 2 is 1.50 bits per heavy atom. The lowest BCUT2D eigenvalue weighted by Crippen LogP contribution is -2.49. The summed E-state index contributed by atoms with van der Waals surface area (Å²) in [7, 11) is 0. The number of hydrazine groups is 1. The normalized spacial score (nSPS) is 16.0. The Morgan fingerprint density at radius 3 is 2.06 bits per heavy atom. The second-order valence-electron chi connectivity index (χ2n) is 8.00. The lowest BCUT2D eigenvalue weighted by Gasteiger charge is -2.20. The van der Waals surface area contributed by atoms with Crippen molar-refractivity contribution >= 4 is 23.4 Å². The Balaban J connectivity index is 1.50. The van der Waals surface area contributed by atoms with Crippen molar-refractivity contribution in [3.05, 3.63) is 101 Å². The molecular weight excluding hydrogens is 402 g/mol. The molecule has 0 aromatic heterocycles. The summed E-state index contributed by atoms with van der Waals surface area (Å²) >= 11 is 0. The van der Waals surface area contributed by atoms with Crippen molar-refractivity contribution in [2.75, 3.05) is 4.90 Å². The molecule has 0 saturated carbocycles. The van der Waals surface area contributed by atoms with Gasteiger partial charge in [-0.15, -0.1) is 0 Å². The van der Waals surface area contributed by atoms with Gasteiger partial charge in [0.25, 0.3) is 5.91 Å². The second-order valence-corrected chi connectivity index (χ2v) is 8.00. The summed E-state index contributed by atoms with van der Waals surface area (Å²) in [5.74, 6) is -1.52. The van der Waals surface area contributed by atoms with Crippen LogP contribution in [-0.4, -0.2) is 23.8 Å². The van der Waals surface area contributed by atoms with E-state index in [9.17, 15) is 14.4 Å². The van der Waals surface area contributed by atoms with E-state index in [0.29, 0.717) is 5.69 Å². The van der Waals surface area contributed by atoms with Crippen molar-refractivity contribution in [1.29, 1.82) is 0 Å². The molecule has 3 aromatic rings. The fourth-order valence-corrected chi connectivity index (χ4v) is 4.07. The Morgan fingerprint density at radius 1 is 0.906 bits per heavy atom. The third-order valence-corrected chi connectivity index (χ3v) is 5.64. The molecule has 2 N–H and O–H groups in total. The molecule has 6 heteroatoms. The van der Waals surface area contributed by atoms with Crippen LogP contribution in [0.15, 0.2) is 78.9 Å². The first-order chi connectivity index (χ1) is 15.5. The minimum absolute atomic E-state index is 0.0201. The topological polar surface area (TPSA) is 78.5 Å². The van der Waals surface area contributed by atoms with E-state index in [-0.39, 0.29) is 24.1 Å². The van der Waals surface area contributed by atoms with Gasteiger partial charge in [0.2, 0.25) is 11.8 Å². The lowest BCUT2D eigenvalue weighted by atomic mass is 9.91. The van der Waals surface area contributed by atoms with Crippen LogP contribution in [0.1, 0.15) is 34.6 Å². The third-order valence-electron chi connectivity index (χ3n) is 5.64. The molecule has 6 nitrogen and oxygen atoms in total. The molecule has 0 aliphatic carbocycles. The summed E-state index contributed by atoms with van der Waals surface area (Å²) in [4.78, 5) is 39.9. The number of carbonyl (C=O) groups excluding carboxylic acids is 3. The fraction of sp³-hybridized carbons (Fsp3) is 0.192. The van der Waals surface area contributed by atoms with E-state index >= 15 is 0 Å². The fourth-order valence-electron chi connectivity index (χ4n) is 4.07. The molecule has 1 saturated heterocycles. The Kier molecular flexibility index (Phi) is 6.14. The standard InChI is InChI=1S/C26H25N3O3/c1-17-13-14-22(18(2)15-17)29-23(30)16-21(26(29)32)27-28-25(31)24(19-9-5-3-6-10-19)20-11-7-4-8-12-20/h3-15,21,24,27H,16H2,1-2H3,(H,28,31)/t21-/m1/s1. The summed E-state index contributed by atoms with van der Waals surface area (Å²) in [5.41, 5.74) is 9.64. The minimum Gasteiger partial charge on any atom is -0.290 e.